The topological polar surface area (TPSA) is 58.6 Å². The van der Waals surface area contributed by atoms with E-state index in [4.69, 9.17) is 4.74 Å². The van der Waals surface area contributed by atoms with Crippen LogP contribution in [0.2, 0.25) is 0 Å². The molecule has 1 aliphatic heterocycles. The summed E-state index contributed by atoms with van der Waals surface area (Å²) in [6.07, 6.45) is 0.901. The average molecular weight is 242 g/mol. The fraction of sp³-hybridized carbons (Fsp3) is 0.833. The number of hydrogen-bond acceptors (Lipinski definition) is 3. The van der Waals surface area contributed by atoms with Crippen LogP contribution in [0.15, 0.2) is 0 Å². The molecule has 1 fully saturated rings. The Morgan fingerprint density at radius 1 is 1.41 bits per heavy atom. The van der Waals surface area contributed by atoms with Crippen molar-refractivity contribution in [3.8, 4) is 0 Å². The number of rotatable bonds is 2. The van der Waals surface area contributed by atoms with Crippen molar-refractivity contribution in [2.45, 2.75) is 52.2 Å². The first-order chi connectivity index (χ1) is 7.81. The molecular weight excluding hydrogens is 220 g/mol. The monoisotopic (exact) mass is 242 g/mol. The van der Waals surface area contributed by atoms with Crippen LogP contribution in [0.5, 0.6) is 0 Å². The van der Waals surface area contributed by atoms with Gasteiger partial charge in [0.15, 0.2) is 0 Å². The fourth-order valence-electron chi connectivity index (χ4n) is 1.80. The highest BCUT2D eigenvalue weighted by Gasteiger charge is 2.27. The van der Waals surface area contributed by atoms with Gasteiger partial charge in [-0.05, 0) is 27.2 Å². The van der Waals surface area contributed by atoms with Crippen molar-refractivity contribution in [2.75, 3.05) is 13.1 Å². The molecule has 1 heterocycles. The van der Waals surface area contributed by atoms with Crippen molar-refractivity contribution in [2.24, 2.45) is 0 Å². The van der Waals surface area contributed by atoms with E-state index in [2.05, 4.69) is 5.32 Å². The molecule has 98 valence electrons. The lowest BCUT2D eigenvalue weighted by molar-refractivity contribution is -0.129. The summed E-state index contributed by atoms with van der Waals surface area (Å²) < 4.78 is 5.17. The minimum absolute atomic E-state index is 0.0142. The van der Waals surface area contributed by atoms with Gasteiger partial charge in [0.25, 0.3) is 0 Å². The van der Waals surface area contributed by atoms with E-state index in [0.29, 0.717) is 19.5 Å². The molecule has 0 aromatic carbocycles. The lowest BCUT2D eigenvalue weighted by Crippen LogP contribution is -2.41. The number of amides is 2. The van der Waals surface area contributed by atoms with Crippen LogP contribution in [-0.4, -0.2) is 41.6 Å². The van der Waals surface area contributed by atoms with Crippen LogP contribution in [0.1, 0.15) is 40.5 Å². The molecule has 2 amide bonds. The van der Waals surface area contributed by atoms with Crippen LogP contribution < -0.4 is 5.32 Å². The Bertz CT molecular complexity index is 297. The van der Waals surface area contributed by atoms with E-state index in [9.17, 15) is 9.59 Å². The third-order valence-corrected chi connectivity index (χ3v) is 2.56. The molecule has 0 spiro atoms. The van der Waals surface area contributed by atoms with E-state index in [1.807, 2.05) is 27.7 Å². The fourth-order valence-corrected chi connectivity index (χ4v) is 1.80. The van der Waals surface area contributed by atoms with Crippen molar-refractivity contribution in [3.05, 3.63) is 0 Å². The second kappa shape index (κ2) is 5.38. The number of ether oxygens (including phenoxy) is 1. The molecule has 1 N–H and O–H groups in total. The van der Waals surface area contributed by atoms with E-state index >= 15 is 0 Å². The maximum atomic E-state index is 11.5. The Morgan fingerprint density at radius 3 is 2.59 bits per heavy atom. The first-order valence-electron chi connectivity index (χ1n) is 6.09. The zero-order valence-electron chi connectivity index (χ0n) is 11.1. The van der Waals surface area contributed by atoms with E-state index < -0.39 is 11.7 Å². The van der Waals surface area contributed by atoms with Gasteiger partial charge in [0.1, 0.15) is 5.60 Å². The molecule has 1 atom stereocenters. The second-order valence-corrected chi connectivity index (χ2v) is 5.33. The van der Waals surface area contributed by atoms with Gasteiger partial charge in [-0.2, -0.15) is 0 Å². The summed E-state index contributed by atoms with van der Waals surface area (Å²) in [5.74, 6) is 0.137. The van der Waals surface area contributed by atoms with E-state index in [-0.39, 0.29) is 11.9 Å². The van der Waals surface area contributed by atoms with E-state index in [1.54, 1.807) is 4.90 Å². The highest BCUT2D eigenvalue weighted by Crippen LogP contribution is 2.12. The van der Waals surface area contributed by atoms with Gasteiger partial charge >= 0.3 is 6.09 Å². The molecule has 0 aromatic rings. The van der Waals surface area contributed by atoms with Gasteiger partial charge in [-0.3, -0.25) is 4.79 Å². The first-order valence-corrected chi connectivity index (χ1v) is 6.09. The highest BCUT2D eigenvalue weighted by atomic mass is 16.6. The minimum Gasteiger partial charge on any atom is -0.444 e. The van der Waals surface area contributed by atoms with Crippen LogP contribution in [0.25, 0.3) is 0 Å². The molecule has 5 nitrogen and oxygen atoms in total. The SMILES string of the molecule is CCC(=O)N1CC[C@@H](NC(=O)OC(C)(C)C)C1. The number of likely N-dealkylation sites (tertiary alicyclic amines) is 1. The predicted octanol–water partition coefficient (Wildman–Crippen LogP) is 1.52. The summed E-state index contributed by atoms with van der Waals surface area (Å²) in [5, 5.41) is 2.79. The normalized spacial score (nSPS) is 20.2. The van der Waals surface area contributed by atoms with Gasteiger partial charge in [-0.15, -0.1) is 0 Å². The van der Waals surface area contributed by atoms with Crippen molar-refractivity contribution in [1.29, 1.82) is 0 Å². The molecule has 0 saturated carbocycles. The molecule has 0 bridgehead atoms. The molecule has 0 radical (unpaired) electrons. The van der Waals surface area contributed by atoms with Crippen molar-refractivity contribution < 1.29 is 14.3 Å². The van der Waals surface area contributed by atoms with Crippen LogP contribution in [-0.2, 0) is 9.53 Å². The van der Waals surface area contributed by atoms with Gasteiger partial charge in [0.05, 0.1) is 6.04 Å². The molecular formula is C12H22N2O3. The van der Waals surface area contributed by atoms with E-state index in [0.717, 1.165) is 6.42 Å². The highest BCUT2D eigenvalue weighted by molar-refractivity contribution is 5.76. The van der Waals surface area contributed by atoms with Crippen LogP contribution in [0, 0.1) is 0 Å². The Hall–Kier alpha value is -1.26. The molecule has 0 unspecified atom stereocenters. The summed E-state index contributed by atoms with van der Waals surface area (Å²) in [6, 6.07) is 0.0142. The Balaban J connectivity index is 2.35. The molecule has 0 aliphatic carbocycles. The zero-order valence-corrected chi connectivity index (χ0v) is 11.1. The third kappa shape index (κ3) is 4.63. The summed E-state index contributed by atoms with van der Waals surface area (Å²) >= 11 is 0. The summed E-state index contributed by atoms with van der Waals surface area (Å²) in [6.45, 7) is 8.63. The van der Waals surface area contributed by atoms with Gasteiger partial charge in [0, 0.05) is 19.5 Å². The number of hydrogen-bond donors (Lipinski definition) is 1. The second-order valence-electron chi connectivity index (χ2n) is 5.33. The minimum atomic E-state index is -0.485. The zero-order chi connectivity index (χ0) is 13.1. The number of nitrogens with one attached hydrogen (secondary N) is 1. The van der Waals surface area contributed by atoms with E-state index in [1.165, 1.54) is 0 Å². The van der Waals surface area contributed by atoms with Crippen LogP contribution in [0.4, 0.5) is 4.79 Å². The number of carbonyl (C=O) groups is 2. The van der Waals surface area contributed by atoms with Crippen molar-refractivity contribution >= 4 is 12.0 Å². The van der Waals surface area contributed by atoms with Gasteiger partial charge < -0.3 is 15.0 Å². The first kappa shape index (κ1) is 13.8. The third-order valence-electron chi connectivity index (χ3n) is 2.56. The van der Waals surface area contributed by atoms with Crippen LogP contribution >= 0.6 is 0 Å². The lowest BCUT2D eigenvalue weighted by Gasteiger charge is -2.22. The molecule has 5 heteroatoms. The standard InChI is InChI=1S/C12H22N2O3/c1-5-10(15)14-7-6-9(8-14)13-11(16)17-12(2,3)4/h9H,5-8H2,1-4H3,(H,13,16)/t9-/m1/s1. The average Bonchev–Trinajstić information content (AvgIpc) is 2.62. The lowest BCUT2D eigenvalue weighted by atomic mass is 10.2. The van der Waals surface area contributed by atoms with Crippen LogP contribution in [0.3, 0.4) is 0 Å². The summed E-state index contributed by atoms with van der Waals surface area (Å²) in [7, 11) is 0. The molecule has 1 rings (SSSR count). The predicted molar refractivity (Wildman–Crippen MR) is 64.6 cm³/mol. The maximum absolute atomic E-state index is 11.5. The molecule has 0 aromatic heterocycles. The molecule has 1 aliphatic rings. The van der Waals surface area contributed by atoms with Gasteiger partial charge in [-0.25, -0.2) is 4.79 Å². The largest absolute Gasteiger partial charge is 0.444 e. The van der Waals surface area contributed by atoms with Crippen molar-refractivity contribution in [1.82, 2.24) is 10.2 Å². The maximum Gasteiger partial charge on any atom is 0.407 e. The Labute approximate surface area is 102 Å². The molecule has 1 saturated heterocycles. The summed E-state index contributed by atoms with van der Waals surface area (Å²) in [5.41, 5.74) is -0.485. The Morgan fingerprint density at radius 2 is 2.06 bits per heavy atom. The molecule has 17 heavy (non-hydrogen) atoms. The Kier molecular flexibility index (Phi) is 4.37. The van der Waals surface area contributed by atoms with Gasteiger partial charge in [-0.1, -0.05) is 6.92 Å². The number of carbonyl (C=O) groups excluding carboxylic acids is 2. The summed E-state index contributed by atoms with van der Waals surface area (Å²) in [4.78, 5) is 24.8. The number of alkyl carbamates (subject to hydrolysis) is 1. The van der Waals surface area contributed by atoms with Gasteiger partial charge in [0.2, 0.25) is 5.91 Å². The quantitative estimate of drug-likeness (QED) is 0.798. The number of nitrogens with zero attached hydrogens (tertiary/aromatic N) is 1. The smallest absolute Gasteiger partial charge is 0.407 e. The van der Waals surface area contributed by atoms with Crippen molar-refractivity contribution in [3.63, 3.8) is 0 Å².